The molecule has 1 unspecified atom stereocenters. The van der Waals surface area contributed by atoms with Crippen molar-refractivity contribution in [3.63, 3.8) is 0 Å². The Morgan fingerprint density at radius 3 is 2.33 bits per heavy atom. The van der Waals surface area contributed by atoms with E-state index in [9.17, 15) is 5.11 Å². The fraction of sp³-hybridized carbons (Fsp3) is 0.250. The van der Waals surface area contributed by atoms with E-state index in [0.717, 1.165) is 18.4 Å². The molecule has 18 heavy (non-hydrogen) atoms. The minimum absolute atomic E-state index is 0.107. The standard InChI is InChI=1S/C16H19NO/c1-12-4-2-3-5-14(12)11-15(17)10-13-6-8-16(18)9-7-13/h2-9,15,18H,10-11,17H2,1H3. The first kappa shape index (κ1) is 12.7. The van der Waals surface area contributed by atoms with E-state index >= 15 is 0 Å². The van der Waals surface area contributed by atoms with E-state index in [1.807, 2.05) is 18.2 Å². The molecular weight excluding hydrogens is 222 g/mol. The first-order chi connectivity index (χ1) is 8.65. The summed E-state index contributed by atoms with van der Waals surface area (Å²) in [4.78, 5) is 0. The van der Waals surface area contributed by atoms with Crippen molar-refractivity contribution in [2.45, 2.75) is 25.8 Å². The second kappa shape index (κ2) is 5.69. The van der Waals surface area contributed by atoms with Crippen LogP contribution in [0.15, 0.2) is 48.5 Å². The summed E-state index contributed by atoms with van der Waals surface area (Å²) in [6.07, 6.45) is 1.71. The molecule has 0 heterocycles. The Kier molecular flexibility index (Phi) is 4.00. The van der Waals surface area contributed by atoms with E-state index in [1.54, 1.807) is 12.1 Å². The molecule has 0 spiro atoms. The molecule has 0 amide bonds. The van der Waals surface area contributed by atoms with Crippen LogP contribution < -0.4 is 5.73 Å². The Hall–Kier alpha value is -1.80. The van der Waals surface area contributed by atoms with Crippen molar-refractivity contribution in [3.05, 3.63) is 65.2 Å². The number of hydrogen-bond acceptors (Lipinski definition) is 2. The maximum atomic E-state index is 9.23. The summed E-state index contributed by atoms with van der Waals surface area (Å²) in [5.41, 5.74) is 9.94. The average molecular weight is 241 g/mol. The highest BCUT2D eigenvalue weighted by atomic mass is 16.3. The fourth-order valence-corrected chi connectivity index (χ4v) is 2.13. The summed E-state index contributed by atoms with van der Waals surface area (Å²) in [7, 11) is 0. The third-order valence-corrected chi connectivity index (χ3v) is 3.18. The van der Waals surface area contributed by atoms with Crippen molar-refractivity contribution in [2.75, 3.05) is 0 Å². The average Bonchev–Trinajstić information content (AvgIpc) is 2.35. The smallest absolute Gasteiger partial charge is 0.115 e. The summed E-state index contributed by atoms with van der Waals surface area (Å²) in [6, 6.07) is 15.7. The van der Waals surface area contributed by atoms with E-state index < -0.39 is 0 Å². The Morgan fingerprint density at radius 1 is 1.00 bits per heavy atom. The molecule has 2 rings (SSSR count). The maximum Gasteiger partial charge on any atom is 0.115 e. The van der Waals surface area contributed by atoms with Gasteiger partial charge in [0, 0.05) is 6.04 Å². The van der Waals surface area contributed by atoms with Crippen LogP contribution in [0.25, 0.3) is 0 Å². The van der Waals surface area contributed by atoms with Crippen LogP contribution in [-0.2, 0) is 12.8 Å². The van der Waals surface area contributed by atoms with E-state index in [1.165, 1.54) is 11.1 Å². The quantitative estimate of drug-likeness (QED) is 0.864. The van der Waals surface area contributed by atoms with Gasteiger partial charge in [-0.25, -0.2) is 0 Å². The monoisotopic (exact) mass is 241 g/mol. The molecule has 0 aromatic heterocycles. The zero-order valence-corrected chi connectivity index (χ0v) is 10.6. The second-order valence-electron chi connectivity index (χ2n) is 4.76. The molecule has 94 valence electrons. The Morgan fingerprint density at radius 2 is 1.67 bits per heavy atom. The van der Waals surface area contributed by atoms with Crippen LogP contribution in [0.1, 0.15) is 16.7 Å². The SMILES string of the molecule is Cc1ccccc1CC(N)Cc1ccc(O)cc1. The lowest BCUT2D eigenvalue weighted by atomic mass is 9.97. The van der Waals surface area contributed by atoms with Gasteiger partial charge >= 0.3 is 0 Å². The molecule has 2 aromatic carbocycles. The van der Waals surface area contributed by atoms with Gasteiger partial charge in [-0.15, -0.1) is 0 Å². The first-order valence-electron chi connectivity index (χ1n) is 6.23. The summed E-state index contributed by atoms with van der Waals surface area (Å²) in [5, 5.41) is 9.23. The van der Waals surface area contributed by atoms with Gasteiger partial charge in [-0.05, 0) is 48.6 Å². The highest BCUT2D eigenvalue weighted by Gasteiger charge is 2.07. The lowest BCUT2D eigenvalue weighted by Gasteiger charge is -2.13. The van der Waals surface area contributed by atoms with Crippen molar-refractivity contribution >= 4 is 0 Å². The molecule has 0 radical (unpaired) electrons. The zero-order chi connectivity index (χ0) is 13.0. The normalized spacial score (nSPS) is 12.3. The van der Waals surface area contributed by atoms with Gasteiger partial charge < -0.3 is 10.8 Å². The van der Waals surface area contributed by atoms with E-state index in [2.05, 4.69) is 25.1 Å². The molecule has 0 fully saturated rings. The molecule has 2 heteroatoms. The molecular formula is C16H19NO. The van der Waals surface area contributed by atoms with Gasteiger partial charge in [-0.2, -0.15) is 0 Å². The van der Waals surface area contributed by atoms with E-state index in [0.29, 0.717) is 5.75 Å². The van der Waals surface area contributed by atoms with Crippen molar-refractivity contribution in [2.24, 2.45) is 5.73 Å². The largest absolute Gasteiger partial charge is 0.508 e. The van der Waals surface area contributed by atoms with Crippen LogP contribution >= 0.6 is 0 Å². The third-order valence-electron chi connectivity index (χ3n) is 3.18. The van der Waals surface area contributed by atoms with Crippen LogP contribution in [0, 0.1) is 6.92 Å². The second-order valence-corrected chi connectivity index (χ2v) is 4.76. The summed E-state index contributed by atoms with van der Waals surface area (Å²) < 4.78 is 0. The molecule has 2 nitrogen and oxygen atoms in total. The summed E-state index contributed by atoms with van der Waals surface area (Å²) in [6.45, 7) is 2.11. The fourth-order valence-electron chi connectivity index (χ4n) is 2.13. The minimum Gasteiger partial charge on any atom is -0.508 e. The summed E-state index contributed by atoms with van der Waals surface area (Å²) in [5.74, 6) is 0.297. The molecule has 3 N–H and O–H groups in total. The Balaban J connectivity index is 1.99. The highest BCUT2D eigenvalue weighted by molar-refractivity contribution is 5.28. The van der Waals surface area contributed by atoms with Gasteiger partial charge in [-0.3, -0.25) is 0 Å². The Bertz CT molecular complexity index is 505. The van der Waals surface area contributed by atoms with Gasteiger partial charge in [0.15, 0.2) is 0 Å². The van der Waals surface area contributed by atoms with E-state index in [-0.39, 0.29) is 6.04 Å². The predicted molar refractivity (Wildman–Crippen MR) is 74.7 cm³/mol. The number of phenolic OH excluding ortho intramolecular Hbond substituents is 1. The van der Waals surface area contributed by atoms with Gasteiger partial charge in [0.2, 0.25) is 0 Å². The van der Waals surface area contributed by atoms with Gasteiger partial charge in [0.25, 0.3) is 0 Å². The lowest BCUT2D eigenvalue weighted by molar-refractivity contribution is 0.475. The van der Waals surface area contributed by atoms with Gasteiger partial charge in [0.05, 0.1) is 0 Å². The number of aromatic hydroxyl groups is 1. The van der Waals surface area contributed by atoms with E-state index in [4.69, 9.17) is 5.73 Å². The van der Waals surface area contributed by atoms with Crippen molar-refractivity contribution in [1.29, 1.82) is 0 Å². The zero-order valence-electron chi connectivity index (χ0n) is 10.6. The Labute approximate surface area is 108 Å². The molecule has 0 aliphatic carbocycles. The molecule has 2 aromatic rings. The molecule has 0 saturated heterocycles. The molecule has 0 saturated carbocycles. The number of hydrogen-bond donors (Lipinski definition) is 2. The molecule has 0 aliphatic rings. The minimum atomic E-state index is 0.107. The van der Waals surface area contributed by atoms with Crippen molar-refractivity contribution < 1.29 is 5.11 Å². The van der Waals surface area contributed by atoms with Crippen LogP contribution in [0.2, 0.25) is 0 Å². The third kappa shape index (κ3) is 3.34. The predicted octanol–water partition coefficient (Wildman–Crippen LogP) is 2.81. The van der Waals surface area contributed by atoms with Gasteiger partial charge in [-0.1, -0.05) is 36.4 Å². The molecule has 0 bridgehead atoms. The maximum absolute atomic E-state index is 9.23. The van der Waals surface area contributed by atoms with Gasteiger partial charge in [0.1, 0.15) is 5.75 Å². The number of aryl methyl sites for hydroxylation is 1. The van der Waals surface area contributed by atoms with Crippen LogP contribution in [-0.4, -0.2) is 11.1 Å². The topological polar surface area (TPSA) is 46.2 Å². The number of nitrogens with two attached hydrogens (primary N) is 1. The summed E-state index contributed by atoms with van der Waals surface area (Å²) >= 11 is 0. The number of benzene rings is 2. The van der Waals surface area contributed by atoms with Crippen molar-refractivity contribution in [3.8, 4) is 5.75 Å². The van der Waals surface area contributed by atoms with Crippen LogP contribution in [0.4, 0.5) is 0 Å². The van der Waals surface area contributed by atoms with Crippen LogP contribution in [0.5, 0.6) is 5.75 Å². The van der Waals surface area contributed by atoms with Crippen molar-refractivity contribution in [1.82, 2.24) is 0 Å². The highest BCUT2D eigenvalue weighted by Crippen LogP contribution is 2.14. The first-order valence-corrected chi connectivity index (χ1v) is 6.23. The number of phenols is 1. The lowest BCUT2D eigenvalue weighted by Crippen LogP contribution is -2.25. The number of rotatable bonds is 4. The van der Waals surface area contributed by atoms with Crippen LogP contribution in [0.3, 0.4) is 0 Å². The molecule has 0 aliphatic heterocycles. The molecule has 1 atom stereocenters.